The third-order valence-corrected chi connectivity index (χ3v) is 2.34. The topological polar surface area (TPSA) is 43.1 Å². The van der Waals surface area contributed by atoms with E-state index in [-0.39, 0.29) is 0 Å². The highest BCUT2D eigenvalue weighted by molar-refractivity contribution is 9.10. The van der Waals surface area contributed by atoms with Crippen molar-refractivity contribution in [3.63, 3.8) is 0 Å². The second-order valence-electron chi connectivity index (χ2n) is 2.52. The van der Waals surface area contributed by atoms with Gasteiger partial charge < -0.3 is 0 Å². The maximum Gasteiger partial charge on any atom is 0.198 e. The van der Waals surface area contributed by atoms with Gasteiger partial charge in [0.25, 0.3) is 0 Å². The first-order valence-corrected chi connectivity index (χ1v) is 4.95. The number of hydrogen-bond acceptors (Lipinski definition) is 3. The Kier molecular flexibility index (Phi) is 2.21. The lowest BCUT2D eigenvalue weighted by Crippen LogP contribution is -1.94. The van der Waals surface area contributed by atoms with Gasteiger partial charge in [0.1, 0.15) is 10.4 Å². The fourth-order valence-corrected chi connectivity index (χ4v) is 1.82. The number of hydrogen-bond donors (Lipinski definition) is 0. The molecule has 2 aromatic rings. The summed E-state index contributed by atoms with van der Waals surface area (Å²) in [4.78, 5) is 4.01. The lowest BCUT2D eigenvalue weighted by Gasteiger charge is -1.97. The summed E-state index contributed by atoms with van der Waals surface area (Å²) in [6, 6.07) is 0. The molecule has 2 rings (SSSR count). The van der Waals surface area contributed by atoms with Crippen LogP contribution in [0.3, 0.4) is 0 Å². The Balaban J connectivity index is 2.82. The Bertz CT molecular complexity index is 453. The van der Waals surface area contributed by atoms with Crippen molar-refractivity contribution in [3.8, 4) is 0 Å². The monoisotopic (exact) mass is 260 g/mol. The molecule has 0 aliphatic carbocycles. The Labute approximate surface area is 88.1 Å². The largest absolute Gasteiger partial charge is 0.281 e. The van der Waals surface area contributed by atoms with Gasteiger partial charge in [-0.1, -0.05) is 18.5 Å². The molecule has 2 aromatic heterocycles. The molecule has 0 aliphatic rings. The quantitative estimate of drug-likeness (QED) is 0.789. The number of halogens is 2. The summed E-state index contributed by atoms with van der Waals surface area (Å²) in [7, 11) is 0. The Morgan fingerprint density at radius 3 is 3.00 bits per heavy atom. The van der Waals surface area contributed by atoms with Crippen molar-refractivity contribution in [1.29, 1.82) is 0 Å². The minimum Gasteiger partial charge on any atom is -0.281 e. The number of aromatic nitrogens is 4. The highest BCUT2D eigenvalue weighted by Gasteiger charge is 2.08. The predicted molar refractivity (Wildman–Crippen MR) is 52.9 cm³/mol. The molecule has 0 unspecified atom stereocenters. The van der Waals surface area contributed by atoms with Crippen molar-refractivity contribution in [1.82, 2.24) is 19.6 Å². The van der Waals surface area contributed by atoms with E-state index in [1.807, 2.05) is 11.3 Å². The molecule has 0 amide bonds. The molecule has 0 spiro atoms. The summed E-state index contributed by atoms with van der Waals surface area (Å²) < 4.78 is 2.51. The lowest BCUT2D eigenvalue weighted by atomic mass is 10.4. The van der Waals surface area contributed by atoms with E-state index in [2.05, 4.69) is 31.1 Å². The fraction of sp³-hybridized carbons (Fsp3) is 0.286. The summed E-state index contributed by atoms with van der Waals surface area (Å²) in [6.45, 7) is 2.01. The molecule has 0 bridgehead atoms. The average Bonchev–Trinajstić information content (AvgIpc) is 2.47. The first kappa shape index (κ1) is 8.90. The summed E-state index contributed by atoms with van der Waals surface area (Å²) in [5.41, 5.74) is 0.599. The maximum absolute atomic E-state index is 5.87. The summed E-state index contributed by atoms with van der Waals surface area (Å²) in [5.74, 6) is 0.875. The van der Waals surface area contributed by atoms with E-state index in [1.165, 1.54) is 0 Å². The van der Waals surface area contributed by atoms with E-state index in [0.717, 1.165) is 12.2 Å². The van der Waals surface area contributed by atoms with Crippen molar-refractivity contribution in [2.45, 2.75) is 13.3 Å². The molecule has 0 saturated carbocycles. The van der Waals surface area contributed by atoms with Crippen molar-refractivity contribution in [3.05, 3.63) is 21.8 Å². The lowest BCUT2D eigenvalue weighted by molar-refractivity contribution is 0.904. The molecule has 0 aromatic carbocycles. The van der Waals surface area contributed by atoms with Gasteiger partial charge in [-0.25, -0.2) is 4.98 Å². The van der Waals surface area contributed by atoms with Crippen LogP contribution in [0.15, 0.2) is 10.8 Å². The molecule has 2 heterocycles. The Hall–Kier alpha value is -0.680. The average molecular weight is 262 g/mol. The summed E-state index contributed by atoms with van der Waals surface area (Å²) in [5, 5.41) is 8.27. The SMILES string of the molecule is CCc1nnc2c(Cl)nc(Br)cn12. The van der Waals surface area contributed by atoms with Gasteiger partial charge in [-0.2, -0.15) is 0 Å². The van der Waals surface area contributed by atoms with Gasteiger partial charge in [0.05, 0.1) is 0 Å². The zero-order chi connectivity index (χ0) is 9.42. The molecule has 0 aliphatic heterocycles. The molecular weight excluding hydrogens is 255 g/mol. The molecule has 4 nitrogen and oxygen atoms in total. The van der Waals surface area contributed by atoms with Gasteiger partial charge in [0.15, 0.2) is 10.8 Å². The Morgan fingerprint density at radius 1 is 1.54 bits per heavy atom. The van der Waals surface area contributed by atoms with Gasteiger partial charge >= 0.3 is 0 Å². The number of aryl methyl sites for hydroxylation is 1. The molecule has 0 atom stereocenters. The zero-order valence-corrected chi connectivity index (χ0v) is 9.17. The van der Waals surface area contributed by atoms with E-state index >= 15 is 0 Å². The molecule has 0 radical (unpaired) electrons. The summed E-state index contributed by atoms with van der Waals surface area (Å²) in [6.07, 6.45) is 2.62. The van der Waals surface area contributed by atoms with E-state index < -0.39 is 0 Å². The second kappa shape index (κ2) is 3.23. The molecule has 13 heavy (non-hydrogen) atoms. The standard InChI is InChI=1S/C7H6BrClN4/c1-2-5-11-12-7-6(9)10-4(8)3-13(5)7/h3H,2H2,1H3. The van der Waals surface area contributed by atoms with Crippen LogP contribution in [-0.4, -0.2) is 19.6 Å². The highest BCUT2D eigenvalue weighted by atomic mass is 79.9. The van der Waals surface area contributed by atoms with Gasteiger partial charge in [-0.15, -0.1) is 10.2 Å². The molecule has 0 fully saturated rings. The Morgan fingerprint density at radius 2 is 2.31 bits per heavy atom. The van der Waals surface area contributed by atoms with E-state index in [9.17, 15) is 0 Å². The first-order valence-electron chi connectivity index (χ1n) is 3.78. The zero-order valence-electron chi connectivity index (χ0n) is 6.83. The van der Waals surface area contributed by atoms with Gasteiger partial charge in [0, 0.05) is 12.6 Å². The summed E-state index contributed by atoms with van der Waals surface area (Å²) >= 11 is 9.13. The van der Waals surface area contributed by atoms with Crippen LogP contribution in [0.1, 0.15) is 12.7 Å². The van der Waals surface area contributed by atoms with Gasteiger partial charge in [0.2, 0.25) is 0 Å². The smallest absolute Gasteiger partial charge is 0.198 e. The second-order valence-corrected chi connectivity index (χ2v) is 3.69. The van der Waals surface area contributed by atoms with Crippen molar-refractivity contribution >= 4 is 33.2 Å². The number of nitrogens with zero attached hydrogens (tertiary/aromatic N) is 4. The normalized spacial score (nSPS) is 11.0. The van der Waals surface area contributed by atoms with Crippen LogP contribution in [-0.2, 0) is 6.42 Å². The minimum absolute atomic E-state index is 0.363. The van der Waals surface area contributed by atoms with Crippen molar-refractivity contribution < 1.29 is 0 Å². The third kappa shape index (κ3) is 1.42. The van der Waals surface area contributed by atoms with Crippen LogP contribution in [0.5, 0.6) is 0 Å². The molecule has 0 N–H and O–H groups in total. The van der Waals surface area contributed by atoms with Crippen molar-refractivity contribution in [2.24, 2.45) is 0 Å². The number of rotatable bonds is 1. The minimum atomic E-state index is 0.363. The molecule has 6 heteroatoms. The van der Waals surface area contributed by atoms with Crippen LogP contribution < -0.4 is 0 Å². The molecule has 68 valence electrons. The third-order valence-electron chi connectivity index (χ3n) is 1.71. The van der Waals surface area contributed by atoms with Crippen molar-refractivity contribution in [2.75, 3.05) is 0 Å². The van der Waals surface area contributed by atoms with E-state index in [1.54, 1.807) is 6.20 Å². The van der Waals surface area contributed by atoms with Crippen LogP contribution in [0.2, 0.25) is 5.15 Å². The predicted octanol–water partition coefficient (Wildman–Crippen LogP) is 2.10. The fourth-order valence-electron chi connectivity index (χ4n) is 1.12. The van der Waals surface area contributed by atoms with Crippen LogP contribution >= 0.6 is 27.5 Å². The maximum atomic E-state index is 5.87. The van der Waals surface area contributed by atoms with Crippen LogP contribution in [0.25, 0.3) is 5.65 Å². The van der Waals surface area contributed by atoms with Crippen LogP contribution in [0, 0.1) is 0 Å². The molecule has 0 saturated heterocycles. The van der Waals surface area contributed by atoms with E-state index in [4.69, 9.17) is 11.6 Å². The van der Waals surface area contributed by atoms with E-state index in [0.29, 0.717) is 15.4 Å². The van der Waals surface area contributed by atoms with Gasteiger partial charge in [-0.05, 0) is 15.9 Å². The highest BCUT2D eigenvalue weighted by Crippen LogP contribution is 2.17. The van der Waals surface area contributed by atoms with Crippen LogP contribution in [0.4, 0.5) is 0 Å². The molecular formula is C7H6BrClN4. The first-order chi connectivity index (χ1) is 6.22. The van der Waals surface area contributed by atoms with Gasteiger partial charge in [-0.3, -0.25) is 4.40 Å². The number of fused-ring (bicyclic) bond motifs is 1.